The van der Waals surface area contributed by atoms with Crippen LogP contribution in [0.25, 0.3) is 0 Å². The number of pyridine rings is 1. The van der Waals surface area contributed by atoms with Gasteiger partial charge in [-0.1, -0.05) is 66.7 Å². The third kappa shape index (κ3) is 7.47. The van der Waals surface area contributed by atoms with Crippen LogP contribution in [0.4, 0.5) is 5.82 Å². The van der Waals surface area contributed by atoms with Crippen molar-refractivity contribution >= 4 is 23.7 Å². The maximum absolute atomic E-state index is 14.0. The maximum atomic E-state index is 14.0. The number of anilines is 1. The van der Waals surface area contributed by atoms with Crippen LogP contribution in [0.1, 0.15) is 144 Å². The Balaban J connectivity index is 1.05. The number of rotatable bonds is 11. The van der Waals surface area contributed by atoms with Crippen LogP contribution in [0.15, 0.2) is 30.5 Å². The normalized spacial score (nSPS) is 38.5. The first-order chi connectivity index (χ1) is 26.7. The van der Waals surface area contributed by atoms with Crippen LogP contribution in [-0.2, 0) is 30.4 Å². The number of amides is 1. The second kappa shape index (κ2) is 15.3. The van der Waals surface area contributed by atoms with E-state index in [9.17, 15) is 19.5 Å². The van der Waals surface area contributed by atoms with E-state index in [-0.39, 0.29) is 57.9 Å². The molecule has 0 aromatic carbocycles. The fourth-order valence-corrected chi connectivity index (χ4v) is 14.9. The number of hydrogen-bond donors (Lipinski definition) is 2. The highest BCUT2D eigenvalue weighted by molar-refractivity contribution is 5.77. The molecule has 0 bridgehead atoms. The van der Waals surface area contributed by atoms with E-state index in [1.807, 2.05) is 20.0 Å². The van der Waals surface area contributed by atoms with Gasteiger partial charge in [0.25, 0.3) is 0 Å². The summed E-state index contributed by atoms with van der Waals surface area (Å²) in [6.45, 7) is 26.7. The molecule has 6 aliphatic rings. The SMILES string of the molecule is C=C(C)C1CC[C@]2(CC(=O)NCc3ccc(N4CCOCC4)nc3)CC[C@]3(C)[C@H](CCC4[C@@]5(C)CC[C@H](OC(=O)CC(C)(C)CC(=O)O)C(C)(C)C5CC[C@]43C)C12. The summed E-state index contributed by atoms with van der Waals surface area (Å²) in [6.07, 6.45) is 13.5. The highest BCUT2D eigenvalue weighted by Gasteiger charge is 2.71. The van der Waals surface area contributed by atoms with Crippen molar-refractivity contribution in [3.8, 4) is 0 Å². The van der Waals surface area contributed by atoms with Crippen LogP contribution in [0.3, 0.4) is 0 Å². The zero-order chi connectivity index (χ0) is 41.2. The molecule has 2 heterocycles. The van der Waals surface area contributed by atoms with E-state index in [4.69, 9.17) is 14.5 Å². The Kier molecular flexibility index (Phi) is 11.3. The van der Waals surface area contributed by atoms with Gasteiger partial charge in [0.2, 0.25) is 5.91 Å². The summed E-state index contributed by atoms with van der Waals surface area (Å²) in [5.74, 6) is 2.48. The number of carbonyl (C=O) groups excluding carboxylic acids is 2. The summed E-state index contributed by atoms with van der Waals surface area (Å²) >= 11 is 0. The number of carboxylic acids is 1. The Morgan fingerprint density at radius 1 is 0.930 bits per heavy atom. The number of carbonyl (C=O) groups is 3. The number of nitrogens with zero attached hydrogens (tertiary/aromatic N) is 2. The van der Waals surface area contributed by atoms with Gasteiger partial charge in [-0.05, 0) is 139 Å². The van der Waals surface area contributed by atoms with Gasteiger partial charge < -0.3 is 24.8 Å². The predicted molar refractivity (Wildman–Crippen MR) is 223 cm³/mol. The Hall–Kier alpha value is -2.94. The fourth-order valence-electron chi connectivity index (χ4n) is 14.9. The van der Waals surface area contributed by atoms with Crippen LogP contribution in [-0.4, -0.2) is 60.3 Å². The van der Waals surface area contributed by atoms with Crippen LogP contribution < -0.4 is 10.2 Å². The molecule has 0 spiro atoms. The van der Waals surface area contributed by atoms with Crippen LogP contribution in [0, 0.1) is 62.1 Å². The Morgan fingerprint density at radius 2 is 1.67 bits per heavy atom. The maximum Gasteiger partial charge on any atom is 0.306 e. The molecule has 7 rings (SSSR count). The molecule has 1 amide bonds. The van der Waals surface area contributed by atoms with Crippen molar-refractivity contribution < 1.29 is 29.0 Å². The molecule has 5 aliphatic carbocycles. The van der Waals surface area contributed by atoms with Crippen molar-refractivity contribution in [3.05, 3.63) is 36.0 Å². The van der Waals surface area contributed by atoms with Gasteiger partial charge in [-0.3, -0.25) is 14.4 Å². The van der Waals surface area contributed by atoms with Crippen molar-refractivity contribution in [3.63, 3.8) is 0 Å². The molecule has 9 heteroatoms. The molecule has 4 unspecified atom stereocenters. The lowest BCUT2D eigenvalue weighted by Gasteiger charge is -2.73. The zero-order valence-corrected chi connectivity index (χ0v) is 36.5. The van der Waals surface area contributed by atoms with E-state index in [1.54, 1.807) is 0 Å². The van der Waals surface area contributed by atoms with E-state index in [0.717, 1.165) is 76.2 Å². The van der Waals surface area contributed by atoms with Gasteiger partial charge in [-0.15, -0.1) is 0 Å². The van der Waals surface area contributed by atoms with E-state index < -0.39 is 11.4 Å². The summed E-state index contributed by atoms with van der Waals surface area (Å²) in [7, 11) is 0. The Bertz CT molecular complexity index is 1700. The number of allylic oxidation sites excluding steroid dienone is 1. The molecule has 10 atom stereocenters. The van der Waals surface area contributed by atoms with E-state index in [0.29, 0.717) is 42.6 Å². The van der Waals surface area contributed by atoms with Gasteiger partial charge in [0, 0.05) is 37.7 Å². The molecule has 5 saturated carbocycles. The van der Waals surface area contributed by atoms with E-state index in [1.165, 1.54) is 31.3 Å². The lowest BCUT2D eigenvalue weighted by molar-refractivity contribution is -0.250. The van der Waals surface area contributed by atoms with Gasteiger partial charge in [0.1, 0.15) is 11.9 Å². The monoisotopic (exact) mass is 788 g/mol. The number of ether oxygens (including phenoxy) is 2. The van der Waals surface area contributed by atoms with Gasteiger partial charge in [-0.2, -0.15) is 0 Å². The number of aliphatic carboxylic acids is 1. The van der Waals surface area contributed by atoms with Gasteiger partial charge in [-0.25, -0.2) is 4.98 Å². The minimum atomic E-state index is -0.886. The van der Waals surface area contributed by atoms with Gasteiger partial charge >= 0.3 is 11.9 Å². The van der Waals surface area contributed by atoms with E-state index in [2.05, 4.69) is 70.5 Å². The standard InChI is InChI=1S/C48H73N3O6/c1-31(2)33-14-19-48(26-39(52)50-30-32-10-13-38(49-29-32)51-22-24-56-25-23-51)21-20-46(8)34(42(33)48)11-12-36-45(7)17-16-37(44(5,6)35(45)15-18-47(36,46)9)57-41(55)28-43(3,4)27-40(53)54/h10,13,29,33-37,42H,1,11-12,14-28,30H2,2-9H3,(H,50,52)(H,53,54)/t33?,34-,35?,36?,37+,42?,45+,46-,47-,48-/m1/s1. The number of fused-ring (bicyclic) bond motifs is 7. The highest BCUT2D eigenvalue weighted by atomic mass is 16.5. The number of esters is 1. The molecule has 0 radical (unpaired) electrons. The topological polar surface area (TPSA) is 118 Å². The number of carboxylic acid groups (broad SMARTS) is 1. The first-order valence-corrected chi connectivity index (χ1v) is 22.4. The summed E-state index contributed by atoms with van der Waals surface area (Å²) < 4.78 is 11.8. The van der Waals surface area contributed by atoms with Gasteiger partial charge in [0.05, 0.1) is 26.1 Å². The second-order valence-corrected chi connectivity index (χ2v) is 21.9. The fraction of sp³-hybridized carbons (Fsp3) is 0.792. The highest BCUT2D eigenvalue weighted by Crippen LogP contribution is 2.78. The molecule has 9 nitrogen and oxygen atoms in total. The number of nitrogens with one attached hydrogen (secondary N) is 1. The zero-order valence-electron chi connectivity index (χ0n) is 36.5. The third-order valence-corrected chi connectivity index (χ3v) is 17.9. The predicted octanol–water partition coefficient (Wildman–Crippen LogP) is 9.38. The van der Waals surface area contributed by atoms with Crippen molar-refractivity contribution in [2.75, 3.05) is 31.2 Å². The number of morpholine rings is 1. The van der Waals surface area contributed by atoms with Gasteiger partial charge in [0.15, 0.2) is 0 Å². The van der Waals surface area contributed by atoms with Crippen LogP contribution in [0.5, 0.6) is 0 Å². The minimum absolute atomic E-state index is 0.00355. The average Bonchev–Trinajstić information content (AvgIpc) is 3.51. The first kappa shape index (κ1) is 42.2. The second-order valence-electron chi connectivity index (χ2n) is 21.9. The Morgan fingerprint density at radius 3 is 2.33 bits per heavy atom. The summed E-state index contributed by atoms with van der Waals surface area (Å²) in [5.41, 5.74) is 2.00. The third-order valence-electron chi connectivity index (χ3n) is 17.9. The molecular formula is C48H73N3O6. The first-order valence-electron chi connectivity index (χ1n) is 22.4. The molecule has 316 valence electrons. The lowest BCUT2D eigenvalue weighted by atomic mass is 9.32. The quantitative estimate of drug-likeness (QED) is 0.168. The van der Waals surface area contributed by atoms with E-state index >= 15 is 0 Å². The molecule has 1 aromatic heterocycles. The lowest BCUT2D eigenvalue weighted by Crippen LogP contribution is -2.67. The molecule has 1 aromatic rings. The van der Waals surface area contributed by atoms with Crippen LogP contribution >= 0.6 is 0 Å². The average molecular weight is 788 g/mol. The van der Waals surface area contributed by atoms with Crippen molar-refractivity contribution in [2.45, 2.75) is 152 Å². The molecule has 57 heavy (non-hydrogen) atoms. The largest absolute Gasteiger partial charge is 0.481 e. The van der Waals surface area contributed by atoms with Crippen molar-refractivity contribution in [1.82, 2.24) is 10.3 Å². The molecule has 1 saturated heterocycles. The van der Waals surface area contributed by atoms with Crippen LogP contribution in [0.2, 0.25) is 0 Å². The summed E-state index contributed by atoms with van der Waals surface area (Å²) in [4.78, 5) is 45.7. The number of aromatic nitrogens is 1. The van der Waals surface area contributed by atoms with Crippen molar-refractivity contribution in [1.29, 1.82) is 0 Å². The molecular weight excluding hydrogens is 715 g/mol. The van der Waals surface area contributed by atoms with Crippen molar-refractivity contribution in [2.24, 2.45) is 62.1 Å². The minimum Gasteiger partial charge on any atom is -0.481 e. The molecule has 1 aliphatic heterocycles. The summed E-state index contributed by atoms with van der Waals surface area (Å²) in [5, 5.41) is 12.7. The Labute approximate surface area is 342 Å². The smallest absolute Gasteiger partial charge is 0.306 e. The summed E-state index contributed by atoms with van der Waals surface area (Å²) in [6, 6.07) is 4.16. The number of hydrogen-bond acceptors (Lipinski definition) is 7. The molecule has 6 fully saturated rings. The molecule has 2 N–H and O–H groups in total.